The number of benzene rings is 1. The number of rotatable bonds is 2. The zero-order valence-corrected chi connectivity index (χ0v) is 19.9. The first-order valence-electron chi connectivity index (χ1n) is 10.1. The molecule has 34 heavy (non-hydrogen) atoms. The van der Waals surface area contributed by atoms with Gasteiger partial charge in [0, 0.05) is 28.0 Å². The van der Waals surface area contributed by atoms with Crippen LogP contribution in [0.4, 0.5) is 0 Å². The highest BCUT2D eigenvalue weighted by Gasteiger charge is 2.66. The molecule has 1 saturated carbocycles. The molecule has 0 aliphatic heterocycles. The SMILES string of the molecule is CN(C)[C@H]1C(=O)C(C(N)=O)=C(O)[C@@]2(O)C(=O)C3=C(O)c4c(O)ccc(Cl)c4[C@@](C)(O)C3C[C@@H]12.Cl. The van der Waals surface area contributed by atoms with Crippen LogP contribution in [0.1, 0.15) is 24.5 Å². The monoisotopic (exact) mass is 514 g/mol. The van der Waals surface area contributed by atoms with Crippen LogP contribution in [0.2, 0.25) is 5.02 Å². The number of hydrogen-bond donors (Lipinski definition) is 6. The van der Waals surface area contributed by atoms with Crippen molar-refractivity contribution < 1.29 is 39.9 Å². The smallest absolute Gasteiger partial charge is 0.255 e. The van der Waals surface area contributed by atoms with E-state index in [1.807, 2.05) is 0 Å². The van der Waals surface area contributed by atoms with Crippen molar-refractivity contribution in [3.05, 3.63) is 45.2 Å². The number of fused-ring (bicyclic) bond motifs is 3. The van der Waals surface area contributed by atoms with E-state index in [1.165, 1.54) is 38.1 Å². The summed E-state index contributed by atoms with van der Waals surface area (Å²) in [6, 6.07) is 1.24. The number of amides is 1. The third kappa shape index (κ3) is 3.03. The summed E-state index contributed by atoms with van der Waals surface area (Å²) in [7, 11) is 2.97. The molecule has 3 aliphatic carbocycles. The average molecular weight is 515 g/mol. The van der Waals surface area contributed by atoms with Crippen LogP contribution in [-0.4, -0.2) is 73.6 Å². The standard InChI is InChI=1S/C22H23ClN2O8.ClH/c1-21(32)7-6-8-15(25(2)3)17(28)13(20(24)31)19(30)22(8,33)18(29)11(7)16(27)12-10(26)5-4-9(23)14(12)21;/h4-5,7-8,15,26-27,30,32-33H,6H2,1-3H3,(H2,24,31);1H/t7?,8-,15+,21-,22-;/m0./s1. The van der Waals surface area contributed by atoms with Crippen LogP contribution in [0, 0.1) is 11.8 Å². The first-order valence-corrected chi connectivity index (χ1v) is 10.5. The van der Waals surface area contributed by atoms with Gasteiger partial charge >= 0.3 is 0 Å². The number of nitrogens with two attached hydrogens (primary N) is 1. The lowest BCUT2D eigenvalue weighted by Crippen LogP contribution is -2.67. The normalized spacial score (nSPS) is 32.7. The third-order valence-corrected chi connectivity index (χ3v) is 7.39. The van der Waals surface area contributed by atoms with E-state index in [4.69, 9.17) is 17.3 Å². The number of phenolic OH excluding ortho intramolecular Hbond substituents is 1. The molecule has 1 unspecified atom stereocenters. The summed E-state index contributed by atoms with van der Waals surface area (Å²) < 4.78 is 0. The fourth-order valence-corrected chi connectivity index (χ4v) is 5.93. The number of hydrogen-bond acceptors (Lipinski definition) is 9. The molecule has 0 spiro atoms. The molecular weight excluding hydrogens is 491 g/mol. The molecule has 0 bridgehead atoms. The fourth-order valence-electron chi connectivity index (χ4n) is 5.58. The molecule has 0 saturated heterocycles. The first-order chi connectivity index (χ1) is 15.2. The predicted molar refractivity (Wildman–Crippen MR) is 122 cm³/mol. The van der Waals surface area contributed by atoms with E-state index in [0.29, 0.717) is 0 Å². The third-order valence-electron chi connectivity index (χ3n) is 7.07. The van der Waals surface area contributed by atoms with E-state index in [0.717, 1.165) is 0 Å². The molecule has 1 aromatic rings. The molecule has 184 valence electrons. The lowest BCUT2D eigenvalue weighted by Gasteiger charge is -2.53. The molecule has 1 aromatic carbocycles. The van der Waals surface area contributed by atoms with Crippen LogP contribution in [0.25, 0.3) is 5.76 Å². The summed E-state index contributed by atoms with van der Waals surface area (Å²) in [4.78, 5) is 40.1. The summed E-state index contributed by atoms with van der Waals surface area (Å²) in [6.45, 7) is 1.34. The zero-order valence-electron chi connectivity index (χ0n) is 18.4. The van der Waals surface area contributed by atoms with Crippen molar-refractivity contribution in [2.24, 2.45) is 17.6 Å². The van der Waals surface area contributed by atoms with Crippen molar-refractivity contribution in [2.45, 2.75) is 30.6 Å². The second kappa shape index (κ2) is 7.96. The Hall–Kier alpha value is -2.63. The summed E-state index contributed by atoms with van der Waals surface area (Å²) in [5.41, 5.74) is -1.10. The zero-order chi connectivity index (χ0) is 24.8. The van der Waals surface area contributed by atoms with E-state index in [9.17, 15) is 39.9 Å². The molecule has 3 aliphatic rings. The van der Waals surface area contributed by atoms with Gasteiger partial charge in [0.05, 0.1) is 17.2 Å². The first kappa shape index (κ1) is 26.0. The Bertz CT molecular complexity index is 1210. The predicted octanol–water partition coefficient (Wildman–Crippen LogP) is 0.704. The Labute approximate surface area is 205 Å². The Kier molecular flexibility index (Phi) is 6.08. The topological polar surface area (TPSA) is 182 Å². The van der Waals surface area contributed by atoms with E-state index >= 15 is 0 Å². The van der Waals surface area contributed by atoms with E-state index in [2.05, 4.69) is 0 Å². The maximum absolute atomic E-state index is 13.7. The van der Waals surface area contributed by atoms with Crippen molar-refractivity contribution >= 4 is 47.2 Å². The van der Waals surface area contributed by atoms with Crippen LogP contribution in [0.15, 0.2) is 29.0 Å². The number of aromatic hydroxyl groups is 1. The number of halogens is 2. The van der Waals surface area contributed by atoms with Crippen molar-refractivity contribution in [1.82, 2.24) is 4.90 Å². The van der Waals surface area contributed by atoms with Crippen molar-refractivity contribution in [3.8, 4) is 5.75 Å². The minimum absolute atomic E-state index is 0. The Morgan fingerprint density at radius 2 is 1.76 bits per heavy atom. The largest absolute Gasteiger partial charge is 0.508 e. The van der Waals surface area contributed by atoms with Crippen LogP contribution >= 0.6 is 24.0 Å². The number of aliphatic hydroxyl groups is 4. The summed E-state index contributed by atoms with van der Waals surface area (Å²) in [5, 5.41) is 55.2. The molecular formula is C22H24Cl2N2O8. The fraction of sp³-hybridized carbons (Fsp3) is 0.409. The highest BCUT2D eigenvalue weighted by molar-refractivity contribution is 6.32. The summed E-state index contributed by atoms with van der Waals surface area (Å²) >= 11 is 6.28. The van der Waals surface area contributed by atoms with E-state index in [1.54, 1.807) is 0 Å². The minimum Gasteiger partial charge on any atom is -0.508 e. The molecule has 10 nitrogen and oxygen atoms in total. The Morgan fingerprint density at radius 1 is 1.18 bits per heavy atom. The lowest BCUT2D eigenvalue weighted by atomic mass is 9.54. The van der Waals surface area contributed by atoms with Crippen molar-refractivity contribution in [2.75, 3.05) is 14.1 Å². The summed E-state index contributed by atoms with van der Waals surface area (Å²) in [6.07, 6.45) is -0.259. The van der Waals surface area contributed by atoms with Crippen molar-refractivity contribution in [1.29, 1.82) is 0 Å². The van der Waals surface area contributed by atoms with Gasteiger partial charge in [-0.3, -0.25) is 19.3 Å². The molecule has 4 rings (SSSR count). The van der Waals surface area contributed by atoms with Gasteiger partial charge in [-0.2, -0.15) is 0 Å². The highest BCUT2D eigenvalue weighted by atomic mass is 35.5. The maximum Gasteiger partial charge on any atom is 0.255 e. The number of nitrogens with zero attached hydrogens (tertiary/aromatic N) is 1. The van der Waals surface area contributed by atoms with Crippen LogP contribution in [-0.2, 0) is 20.0 Å². The van der Waals surface area contributed by atoms with Gasteiger partial charge in [-0.05, 0) is 39.6 Å². The van der Waals surface area contributed by atoms with Gasteiger partial charge in [-0.15, -0.1) is 12.4 Å². The number of carbonyl (C=O) groups is 3. The molecule has 5 atom stereocenters. The van der Waals surface area contributed by atoms with Gasteiger partial charge < -0.3 is 31.3 Å². The molecule has 0 heterocycles. The van der Waals surface area contributed by atoms with Gasteiger partial charge in [0.2, 0.25) is 5.78 Å². The maximum atomic E-state index is 13.7. The highest BCUT2D eigenvalue weighted by Crippen LogP contribution is 2.58. The summed E-state index contributed by atoms with van der Waals surface area (Å²) in [5.74, 6) is -8.30. The van der Waals surface area contributed by atoms with E-state index < -0.39 is 75.0 Å². The van der Waals surface area contributed by atoms with Gasteiger partial charge in [0.25, 0.3) is 5.91 Å². The van der Waals surface area contributed by atoms with Crippen LogP contribution in [0.3, 0.4) is 0 Å². The average Bonchev–Trinajstić information content (AvgIpc) is 2.69. The quantitative estimate of drug-likeness (QED) is 0.309. The molecule has 0 radical (unpaired) electrons. The second-order valence-electron chi connectivity index (χ2n) is 9.08. The molecule has 7 N–H and O–H groups in total. The number of Topliss-reactive ketones (excluding diaryl/α,β-unsaturated/α-hetero) is 2. The number of phenols is 1. The molecule has 1 fully saturated rings. The number of likely N-dealkylation sites (N-methyl/N-ethyl adjacent to an activating group) is 1. The van der Waals surface area contributed by atoms with Gasteiger partial charge in [0.15, 0.2) is 11.4 Å². The molecule has 1 amide bonds. The second-order valence-corrected chi connectivity index (χ2v) is 9.48. The number of aliphatic hydroxyl groups excluding tert-OH is 2. The molecule has 0 aromatic heterocycles. The lowest BCUT2D eigenvalue weighted by molar-refractivity contribution is -0.159. The van der Waals surface area contributed by atoms with E-state index in [-0.39, 0.29) is 35.0 Å². The van der Waals surface area contributed by atoms with Gasteiger partial charge in [-0.25, -0.2) is 0 Å². The number of carbonyl (C=O) groups excluding carboxylic acids is 3. The van der Waals surface area contributed by atoms with Crippen molar-refractivity contribution in [3.63, 3.8) is 0 Å². The van der Waals surface area contributed by atoms with Gasteiger partial charge in [-0.1, -0.05) is 11.6 Å². The van der Waals surface area contributed by atoms with Gasteiger partial charge in [0.1, 0.15) is 22.8 Å². The number of ketones is 2. The van der Waals surface area contributed by atoms with Crippen LogP contribution in [0.5, 0.6) is 5.75 Å². The number of primary amides is 1. The minimum atomic E-state index is -2.78. The Balaban J connectivity index is 0.00000324. The Morgan fingerprint density at radius 3 is 2.29 bits per heavy atom. The van der Waals surface area contributed by atoms with Crippen LogP contribution < -0.4 is 5.73 Å². The molecule has 12 heteroatoms.